The first-order valence-corrected chi connectivity index (χ1v) is 9.20. The number of carbonyl (C=O) groups is 2. The first-order valence-electron chi connectivity index (χ1n) is 9.20. The maximum atomic E-state index is 12.9. The number of hydrogen-bond donors (Lipinski definition) is 0. The Bertz CT molecular complexity index is 786. The second-order valence-corrected chi connectivity index (χ2v) is 6.24. The van der Waals surface area contributed by atoms with E-state index in [2.05, 4.69) is 19.9 Å². The number of amides is 2. The molecule has 0 aliphatic carbocycles. The Morgan fingerprint density at radius 1 is 1.00 bits per heavy atom. The molecule has 142 valence electrons. The van der Waals surface area contributed by atoms with Gasteiger partial charge in [0.2, 0.25) is 5.95 Å². The Labute approximate surface area is 158 Å². The molecule has 1 aliphatic heterocycles. The molecule has 8 nitrogen and oxygen atoms in total. The van der Waals surface area contributed by atoms with Crippen molar-refractivity contribution in [3.63, 3.8) is 0 Å². The van der Waals surface area contributed by atoms with Crippen LogP contribution in [0.5, 0.6) is 0 Å². The van der Waals surface area contributed by atoms with Crippen LogP contribution in [-0.2, 0) is 0 Å². The van der Waals surface area contributed by atoms with Gasteiger partial charge in [-0.1, -0.05) is 0 Å². The van der Waals surface area contributed by atoms with Gasteiger partial charge in [-0.05, 0) is 32.0 Å². The second-order valence-electron chi connectivity index (χ2n) is 6.24. The number of pyridine rings is 1. The largest absolute Gasteiger partial charge is 0.338 e. The number of piperazine rings is 1. The molecule has 0 aromatic carbocycles. The van der Waals surface area contributed by atoms with Crippen LogP contribution in [0.2, 0.25) is 0 Å². The molecule has 0 N–H and O–H groups in total. The van der Waals surface area contributed by atoms with Crippen molar-refractivity contribution in [2.45, 2.75) is 13.8 Å². The summed E-state index contributed by atoms with van der Waals surface area (Å²) in [7, 11) is 0. The first kappa shape index (κ1) is 18.8. The molecule has 2 amide bonds. The summed E-state index contributed by atoms with van der Waals surface area (Å²) in [6, 6.07) is 5.04. The lowest BCUT2D eigenvalue weighted by Crippen LogP contribution is -2.49. The Balaban J connectivity index is 1.67. The Morgan fingerprint density at radius 3 is 2.30 bits per heavy atom. The fourth-order valence-corrected chi connectivity index (χ4v) is 3.10. The van der Waals surface area contributed by atoms with Gasteiger partial charge >= 0.3 is 0 Å². The van der Waals surface area contributed by atoms with Gasteiger partial charge in [0.15, 0.2) is 0 Å². The molecule has 0 bridgehead atoms. The number of aromatic nitrogens is 3. The second kappa shape index (κ2) is 8.57. The lowest BCUT2D eigenvalue weighted by molar-refractivity contribution is 0.0746. The van der Waals surface area contributed by atoms with Gasteiger partial charge in [0, 0.05) is 63.4 Å². The summed E-state index contributed by atoms with van der Waals surface area (Å²) >= 11 is 0. The van der Waals surface area contributed by atoms with E-state index < -0.39 is 0 Å². The van der Waals surface area contributed by atoms with E-state index in [0.717, 1.165) is 0 Å². The number of carbonyl (C=O) groups excluding carboxylic acids is 2. The molecular formula is C19H24N6O2. The third kappa shape index (κ3) is 4.21. The summed E-state index contributed by atoms with van der Waals surface area (Å²) in [6.07, 6.45) is 4.95. The number of rotatable bonds is 5. The molecule has 0 atom stereocenters. The van der Waals surface area contributed by atoms with Gasteiger partial charge < -0.3 is 14.7 Å². The van der Waals surface area contributed by atoms with Gasteiger partial charge in [0.1, 0.15) is 5.69 Å². The van der Waals surface area contributed by atoms with Crippen molar-refractivity contribution in [3.8, 4) is 0 Å². The summed E-state index contributed by atoms with van der Waals surface area (Å²) in [6.45, 7) is 7.58. The molecule has 27 heavy (non-hydrogen) atoms. The number of anilines is 1. The van der Waals surface area contributed by atoms with Crippen LogP contribution in [0.25, 0.3) is 0 Å². The van der Waals surface area contributed by atoms with Gasteiger partial charge in [-0.2, -0.15) is 0 Å². The number of nitrogens with zero attached hydrogens (tertiary/aromatic N) is 6. The van der Waals surface area contributed by atoms with Crippen LogP contribution < -0.4 is 4.90 Å². The highest BCUT2D eigenvalue weighted by atomic mass is 16.2. The average molecular weight is 368 g/mol. The highest BCUT2D eigenvalue weighted by molar-refractivity contribution is 5.98. The van der Waals surface area contributed by atoms with Crippen LogP contribution in [-0.4, -0.2) is 75.8 Å². The van der Waals surface area contributed by atoms with E-state index >= 15 is 0 Å². The molecule has 2 aromatic rings. The van der Waals surface area contributed by atoms with Crippen LogP contribution in [0.1, 0.15) is 34.7 Å². The van der Waals surface area contributed by atoms with Crippen molar-refractivity contribution in [1.29, 1.82) is 0 Å². The summed E-state index contributed by atoms with van der Waals surface area (Å²) in [4.78, 5) is 43.5. The number of hydrogen-bond acceptors (Lipinski definition) is 6. The molecule has 1 fully saturated rings. The van der Waals surface area contributed by atoms with Crippen molar-refractivity contribution in [1.82, 2.24) is 24.8 Å². The molecular weight excluding hydrogens is 344 g/mol. The van der Waals surface area contributed by atoms with E-state index in [4.69, 9.17) is 0 Å². The fraction of sp³-hybridized carbons (Fsp3) is 0.421. The Hall–Kier alpha value is -3.03. The maximum absolute atomic E-state index is 12.9. The van der Waals surface area contributed by atoms with Crippen molar-refractivity contribution in [2.24, 2.45) is 0 Å². The molecule has 1 aliphatic rings. The van der Waals surface area contributed by atoms with Gasteiger partial charge in [-0.25, -0.2) is 9.97 Å². The van der Waals surface area contributed by atoms with Crippen LogP contribution in [0.15, 0.2) is 36.8 Å². The molecule has 3 rings (SSSR count). The normalized spacial score (nSPS) is 14.1. The van der Waals surface area contributed by atoms with Gasteiger partial charge in [-0.3, -0.25) is 14.6 Å². The molecule has 0 spiro atoms. The Kier molecular flexibility index (Phi) is 5.95. The van der Waals surface area contributed by atoms with E-state index in [9.17, 15) is 9.59 Å². The van der Waals surface area contributed by atoms with Crippen molar-refractivity contribution in [2.75, 3.05) is 44.2 Å². The highest BCUT2D eigenvalue weighted by Crippen LogP contribution is 2.13. The van der Waals surface area contributed by atoms with Gasteiger partial charge in [0.05, 0.1) is 0 Å². The fourth-order valence-electron chi connectivity index (χ4n) is 3.10. The monoisotopic (exact) mass is 368 g/mol. The van der Waals surface area contributed by atoms with Crippen LogP contribution in [0.3, 0.4) is 0 Å². The van der Waals surface area contributed by atoms with Crippen LogP contribution in [0, 0.1) is 0 Å². The van der Waals surface area contributed by atoms with E-state index in [0.29, 0.717) is 56.5 Å². The van der Waals surface area contributed by atoms with E-state index in [1.165, 1.54) is 6.20 Å². The molecule has 8 heteroatoms. The lowest BCUT2D eigenvalue weighted by atomic mass is 10.1. The molecule has 0 unspecified atom stereocenters. The zero-order valence-electron chi connectivity index (χ0n) is 15.7. The summed E-state index contributed by atoms with van der Waals surface area (Å²) in [5.74, 6) is 0.445. The maximum Gasteiger partial charge on any atom is 0.272 e. The predicted octanol–water partition coefficient (Wildman–Crippen LogP) is 1.32. The standard InChI is InChI=1S/C19H24N6O2/c1-3-23(4-2)18(27)16-14-15(6-9-20-16)17(26)24-10-12-25(13-11-24)19-21-7-5-8-22-19/h5-9,14H,3-4,10-13H2,1-2H3. The van der Waals surface area contributed by atoms with E-state index in [-0.39, 0.29) is 11.8 Å². The van der Waals surface area contributed by atoms with Crippen LogP contribution in [0.4, 0.5) is 5.95 Å². The minimum Gasteiger partial charge on any atom is -0.338 e. The molecule has 2 aromatic heterocycles. The SMILES string of the molecule is CCN(CC)C(=O)c1cc(C(=O)N2CCN(c3ncccn3)CC2)ccn1. The highest BCUT2D eigenvalue weighted by Gasteiger charge is 2.24. The smallest absolute Gasteiger partial charge is 0.272 e. The third-order valence-electron chi connectivity index (χ3n) is 4.68. The van der Waals surface area contributed by atoms with E-state index in [1.807, 2.05) is 13.8 Å². The zero-order chi connectivity index (χ0) is 19.2. The van der Waals surface area contributed by atoms with Crippen molar-refractivity contribution >= 4 is 17.8 Å². The zero-order valence-corrected chi connectivity index (χ0v) is 15.7. The molecule has 0 radical (unpaired) electrons. The van der Waals surface area contributed by atoms with E-state index in [1.54, 1.807) is 40.4 Å². The molecule has 3 heterocycles. The van der Waals surface area contributed by atoms with Gasteiger partial charge in [-0.15, -0.1) is 0 Å². The average Bonchev–Trinajstić information content (AvgIpc) is 2.75. The minimum absolute atomic E-state index is 0.0837. The van der Waals surface area contributed by atoms with Crippen LogP contribution >= 0.6 is 0 Å². The Morgan fingerprint density at radius 2 is 1.67 bits per heavy atom. The van der Waals surface area contributed by atoms with Crippen molar-refractivity contribution < 1.29 is 9.59 Å². The first-order chi connectivity index (χ1) is 13.1. The van der Waals surface area contributed by atoms with Crippen molar-refractivity contribution in [3.05, 3.63) is 48.0 Å². The minimum atomic E-state index is -0.152. The summed E-state index contributed by atoms with van der Waals surface area (Å²) in [5.41, 5.74) is 0.797. The quantitative estimate of drug-likeness (QED) is 0.792. The summed E-state index contributed by atoms with van der Waals surface area (Å²) < 4.78 is 0. The topological polar surface area (TPSA) is 82.5 Å². The predicted molar refractivity (Wildman–Crippen MR) is 102 cm³/mol. The molecule has 1 saturated heterocycles. The molecule has 0 saturated carbocycles. The third-order valence-corrected chi connectivity index (χ3v) is 4.68. The van der Waals surface area contributed by atoms with Gasteiger partial charge in [0.25, 0.3) is 11.8 Å². The summed E-state index contributed by atoms with van der Waals surface area (Å²) in [5, 5.41) is 0. The lowest BCUT2D eigenvalue weighted by Gasteiger charge is -2.34.